The van der Waals surface area contributed by atoms with Crippen LogP contribution in [0.2, 0.25) is 0 Å². The van der Waals surface area contributed by atoms with Gasteiger partial charge in [0.25, 0.3) is 5.91 Å². The van der Waals surface area contributed by atoms with Gasteiger partial charge in [-0.1, -0.05) is 0 Å². The number of halogens is 1. The Balaban J connectivity index is 1.32. The van der Waals surface area contributed by atoms with E-state index in [4.69, 9.17) is 9.47 Å². The van der Waals surface area contributed by atoms with E-state index in [1.165, 1.54) is 24.3 Å². The van der Waals surface area contributed by atoms with Crippen molar-refractivity contribution >= 4 is 23.1 Å². The van der Waals surface area contributed by atoms with Gasteiger partial charge in [0.15, 0.2) is 11.9 Å². The van der Waals surface area contributed by atoms with Crippen LogP contribution in [-0.4, -0.2) is 44.1 Å². The Morgan fingerprint density at radius 1 is 0.909 bits per heavy atom. The van der Waals surface area contributed by atoms with Crippen molar-refractivity contribution in [3.8, 4) is 5.75 Å². The van der Waals surface area contributed by atoms with Crippen molar-refractivity contribution < 1.29 is 23.5 Å². The normalized spacial score (nSPS) is 14.4. The highest BCUT2D eigenvalue weighted by molar-refractivity contribution is 6.09. The fourth-order valence-corrected chi connectivity index (χ4v) is 3.53. The lowest BCUT2D eigenvalue weighted by Gasteiger charge is -2.29. The molecule has 3 aromatic carbocycles. The van der Waals surface area contributed by atoms with Gasteiger partial charge in [0.1, 0.15) is 11.6 Å². The summed E-state index contributed by atoms with van der Waals surface area (Å²) in [7, 11) is 0. The molecule has 1 saturated heterocycles. The number of ether oxygens (including phenoxy) is 2. The number of carbonyl (C=O) groups is 2. The number of ketones is 1. The minimum Gasteiger partial charge on any atom is -0.481 e. The molecular weight excluding hydrogens is 423 g/mol. The molecule has 1 aliphatic rings. The molecule has 0 aliphatic carbocycles. The van der Waals surface area contributed by atoms with Gasteiger partial charge in [-0.15, -0.1) is 0 Å². The molecule has 0 bridgehead atoms. The number of anilines is 2. The van der Waals surface area contributed by atoms with E-state index in [1.807, 2.05) is 24.3 Å². The van der Waals surface area contributed by atoms with E-state index in [1.54, 1.807) is 31.2 Å². The maximum absolute atomic E-state index is 13.1. The van der Waals surface area contributed by atoms with E-state index in [2.05, 4.69) is 10.2 Å². The largest absolute Gasteiger partial charge is 0.481 e. The molecule has 1 unspecified atom stereocenters. The van der Waals surface area contributed by atoms with Gasteiger partial charge in [-0.25, -0.2) is 4.39 Å². The topological polar surface area (TPSA) is 67.9 Å². The van der Waals surface area contributed by atoms with Gasteiger partial charge in [-0.3, -0.25) is 9.59 Å². The van der Waals surface area contributed by atoms with Crippen LogP contribution < -0.4 is 15.0 Å². The third-order valence-electron chi connectivity index (χ3n) is 5.42. The van der Waals surface area contributed by atoms with Gasteiger partial charge in [-0.2, -0.15) is 0 Å². The number of nitrogens with zero attached hydrogens (tertiary/aromatic N) is 1. The molecule has 170 valence electrons. The van der Waals surface area contributed by atoms with Crippen molar-refractivity contribution in [1.82, 2.24) is 0 Å². The van der Waals surface area contributed by atoms with Crippen molar-refractivity contribution in [3.05, 3.63) is 89.7 Å². The Morgan fingerprint density at radius 3 is 2.09 bits per heavy atom. The number of rotatable bonds is 7. The first-order valence-electron chi connectivity index (χ1n) is 10.8. The fraction of sp³-hybridized carbons (Fsp3) is 0.231. The SMILES string of the molecule is CC(Oc1ccc(C(=O)c2ccc(F)cc2)cc1)C(=O)Nc1ccc(N2CCOCC2)cc1. The number of carbonyl (C=O) groups excluding carboxylic acids is 2. The Bertz CT molecular complexity index is 1090. The molecule has 1 heterocycles. The summed E-state index contributed by atoms with van der Waals surface area (Å²) in [6.07, 6.45) is -0.734. The third kappa shape index (κ3) is 5.75. The zero-order valence-electron chi connectivity index (χ0n) is 18.3. The molecule has 0 saturated carbocycles. The highest BCUT2D eigenvalue weighted by atomic mass is 19.1. The average molecular weight is 448 g/mol. The fourth-order valence-electron chi connectivity index (χ4n) is 3.53. The van der Waals surface area contributed by atoms with E-state index >= 15 is 0 Å². The summed E-state index contributed by atoms with van der Waals surface area (Å²) in [4.78, 5) is 27.3. The lowest BCUT2D eigenvalue weighted by molar-refractivity contribution is -0.122. The predicted molar refractivity (Wildman–Crippen MR) is 124 cm³/mol. The van der Waals surface area contributed by atoms with Gasteiger partial charge in [0.2, 0.25) is 0 Å². The summed E-state index contributed by atoms with van der Waals surface area (Å²) >= 11 is 0. The van der Waals surface area contributed by atoms with Crippen LogP contribution in [0.1, 0.15) is 22.8 Å². The van der Waals surface area contributed by atoms with Crippen LogP contribution in [0.15, 0.2) is 72.8 Å². The van der Waals surface area contributed by atoms with Crippen LogP contribution in [0.25, 0.3) is 0 Å². The summed E-state index contributed by atoms with van der Waals surface area (Å²) < 4.78 is 24.2. The third-order valence-corrected chi connectivity index (χ3v) is 5.42. The van der Waals surface area contributed by atoms with Crippen LogP contribution >= 0.6 is 0 Å². The number of hydrogen-bond acceptors (Lipinski definition) is 5. The first kappa shape index (κ1) is 22.5. The van der Waals surface area contributed by atoms with E-state index in [-0.39, 0.29) is 11.7 Å². The molecule has 1 amide bonds. The maximum Gasteiger partial charge on any atom is 0.265 e. The molecule has 1 fully saturated rings. The predicted octanol–water partition coefficient (Wildman–Crippen LogP) is 4.30. The second-order valence-corrected chi connectivity index (χ2v) is 7.76. The number of morpholine rings is 1. The molecule has 6 nitrogen and oxygen atoms in total. The molecule has 0 aromatic heterocycles. The van der Waals surface area contributed by atoms with E-state index < -0.39 is 11.9 Å². The molecule has 0 radical (unpaired) electrons. The highest BCUT2D eigenvalue weighted by Gasteiger charge is 2.17. The standard InChI is InChI=1S/C26H25FN2O4/c1-18(26(31)28-22-8-10-23(11-9-22)29-14-16-32-17-15-29)33-24-12-4-20(5-13-24)25(30)19-2-6-21(27)7-3-19/h2-13,18H,14-17H2,1H3,(H,28,31). The van der Waals surface area contributed by atoms with Gasteiger partial charge in [0, 0.05) is 35.6 Å². The van der Waals surface area contributed by atoms with Crippen molar-refractivity contribution in [1.29, 1.82) is 0 Å². The Labute approximate surface area is 191 Å². The number of nitrogens with one attached hydrogen (secondary N) is 1. The highest BCUT2D eigenvalue weighted by Crippen LogP contribution is 2.20. The summed E-state index contributed by atoms with van der Waals surface area (Å²) in [5.74, 6) is -0.417. The minimum absolute atomic E-state index is 0.215. The van der Waals surface area contributed by atoms with Crippen LogP contribution in [0.4, 0.5) is 15.8 Å². The lowest BCUT2D eigenvalue weighted by Crippen LogP contribution is -2.36. The van der Waals surface area contributed by atoms with E-state index in [0.717, 1.165) is 18.8 Å². The monoisotopic (exact) mass is 448 g/mol. The van der Waals surface area contributed by atoms with Gasteiger partial charge in [-0.05, 0) is 79.7 Å². The molecule has 33 heavy (non-hydrogen) atoms. The second-order valence-electron chi connectivity index (χ2n) is 7.76. The zero-order valence-corrected chi connectivity index (χ0v) is 18.3. The van der Waals surface area contributed by atoms with Crippen LogP contribution in [0, 0.1) is 5.82 Å². The quantitative estimate of drug-likeness (QED) is 0.546. The molecular formula is C26H25FN2O4. The van der Waals surface area contributed by atoms with Crippen molar-refractivity contribution in [2.45, 2.75) is 13.0 Å². The van der Waals surface area contributed by atoms with Crippen molar-refractivity contribution in [3.63, 3.8) is 0 Å². The smallest absolute Gasteiger partial charge is 0.265 e. The first-order valence-corrected chi connectivity index (χ1v) is 10.8. The molecule has 7 heteroatoms. The van der Waals surface area contributed by atoms with Crippen molar-refractivity contribution in [2.75, 3.05) is 36.5 Å². The zero-order chi connectivity index (χ0) is 23.2. The Hall–Kier alpha value is -3.71. The van der Waals surface area contributed by atoms with Crippen LogP contribution in [0.5, 0.6) is 5.75 Å². The second kappa shape index (κ2) is 10.3. The summed E-state index contributed by atoms with van der Waals surface area (Å²) in [6, 6.07) is 19.6. The first-order chi connectivity index (χ1) is 16.0. The lowest BCUT2D eigenvalue weighted by atomic mass is 10.0. The summed E-state index contributed by atoms with van der Waals surface area (Å²) in [6.45, 7) is 4.80. The molecule has 1 aliphatic heterocycles. The Morgan fingerprint density at radius 2 is 1.48 bits per heavy atom. The summed E-state index contributed by atoms with van der Waals surface area (Å²) in [5, 5.41) is 2.86. The molecule has 0 spiro atoms. The number of benzene rings is 3. The molecule has 4 rings (SSSR count). The maximum atomic E-state index is 13.1. The van der Waals surface area contributed by atoms with Crippen molar-refractivity contribution in [2.24, 2.45) is 0 Å². The number of hydrogen-bond donors (Lipinski definition) is 1. The Kier molecular flexibility index (Phi) is 7.00. The molecule has 1 N–H and O–H groups in total. The van der Waals surface area contributed by atoms with E-state index in [0.29, 0.717) is 35.8 Å². The average Bonchev–Trinajstić information content (AvgIpc) is 2.85. The van der Waals surface area contributed by atoms with Gasteiger partial charge >= 0.3 is 0 Å². The number of amides is 1. The summed E-state index contributed by atoms with van der Waals surface area (Å²) in [5.41, 5.74) is 2.63. The van der Waals surface area contributed by atoms with Crippen LogP contribution in [0.3, 0.4) is 0 Å². The van der Waals surface area contributed by atoms with Gasteiger partial charge < -0.3 is 19.7 Å². The van der Waals surface area contributed by atoms with Gasteiger partial charge in [0.05, 0.1) is 13.2 Å². The van der Waals surface area contributed by atoms with E-state index in [9.17, 15) is 14.0 Å². The van der Waals surface area contributed by atoms with Crippen LogP contribution in [-0.2, 0) is 9.53 Å². The molecule has 1 atom stereocenters. The molecule has 3 aromatic rings. The minimum atomic E-state index is -0.734.